The molecule has 37 heavy (non-hydrogen) atoms. The number of carbonyl (C=O) groups excluding carboxylic acids is 1. The summed E-state index contributed by atoms with van der Waals surface area (Å²) in [5.74, 6) is -0.154. The Hall–Kier alpha value is -4.45. The molecular weight excluding hydrogens is 503 g/mol. The Labute approximate surface area is 212 Å². The highest BCUT2D eigenvalue weighted by atomic mass is 32.2. The van der Waals surface area contributed by atoms with Crippen molar-refractivity contribution in [3.63, 3.8) is 0 Å². The van der Waals surface area contributed by atoms with E-state index in [1.165, 1.54) is 55.7 Å². The van der Waals surface area contributed by atoms with Crippen LogP contribution < -0.4 is 19.1 Å². The summed E-state index contributed by atoms with van der Waals surface area (Å²) >= 11 is 0. The number of nitrogens with zero attached hydrogens (tertiary/aromatic N) is 3. The van der Waals surface area contributed by atoms with Crippen LogP contribution in [0.4, 0.5) is 21.7 Å². The van der Waals surface area contributed by atoms with E-state index in [1.807, 2.05) is 0 Å². The topological polar surface area (TPSA) is 124 Å². The van der Waals surface area contributed by atoms with Crippen molar-refractivity contribution >= 4 is 33.3 Å². The van der Waals surface area contributed by atoms with Gasteiger partial charge in [0, 0.05) is 30.3 Å². The van der Waals surface area contributed by atoms with Crippen LogP contribution in [0.15, 0.2) is 76.5 Å². The highest BCUT2D eigenvalue weighted by molar-refractivity contribution is 7.92. The second-order valence-electron chi connectivity index (χ2n) is 7.66. The van der Waals surface area contributed by atoms with Crippen LogP contribution in [0.5, 0.6) is 11.5 Å². The zero-order valence-electron chi connectivity index (χ0n) is 20.1. The third-order valence-corrected chi connectivity index (χ3v) is 6.72. The van der Waals surface area contributed by atoms with Crippen molar-refractivity contribution < 1.29 is 31.6 Å². The van der Waals surface area contributed by atoms with Crippen LogP contribution in [-0.2, 0) is 14.8 Å². The third kappa shape index (κ3) is 5.38. The Morgan fingerprint density at radius 2 is 1.92 bits per heavy atom. The first-order valence-electron chi connectivity index (χ1n) is 11.0. The molecule has 0 aliphatic rings. The maximum atomic E-state index is 15.4. The van der Waals surface area contributed by atoms with Gasteiger partial charge in [-0.3, -0.25) is 14.4 Å². The highest BCUT2D eigenvalue weighted by Crippen LogP contribution is 2.39. The molecule has 0 fully saturated rings. The minimum Gasteiger partial charge on any atom is -0.497 e. The first-order chi connectivity index (χ1) is 17.8. The van der Waals surface area contributed by atoms with Crippen LogP contribution in [0.1, 0.15) is 13.3 Å². The molecule has 12 heteroatoms. The second-order valence-corrected chi connectivity index (χ2v) is 9.34. The van der Waals surface area contributed by atoms with Gasteiger partial charge in [-0.25, -0.2) is 17.8 Å². The number of methoxy groups -OCH3 is 2. The molecule has 0 bridgehead atoms. The number of carbonyl (C=O) groups is 1. The van der Waals surface area contributed by atoms with Crippen LogP contribution in [0, 0.1) is 5.82 Å². The summed E-state index contributed by atoms with van der Waals surface area (Å²) in [5, 5.41) is 3.52. The molecule has 4 rings (SSSR count). The molecule has 0 aliphatic heterocycles. The Morgan fingerprint density at radius 1 is 1.11 bits per heavy atom. The molecule has 0 radical (unpaired) electrons. The van der Waals surface area contributed by atoms with Gasteiger partial charge in [0.2, 0.25) is 5.91 Å². The zero-order valence-corrected chi connectivity index (χ0v) is 21.0. The molecular formula is C25H23FN4O6S. The molecule has 1 amide bonds. The predicted octanol–water partition coefficient (Wildman–Crippen LogP) is 4.77. The Morgan fingerprint density at radius 3 is 2.54 bits per heavy atom. The van der Waals surface area contributed by atoms with E-state index < -0.39 is 21.7 Å². The second kappa shape index (κ2) is 10.7. The molecule has 4 aromatic rings. The number of hydrogen-bond acceptors (Lipinski definition) is 8. The fraction of sp³-hybridized carbons (Fsp3) is 0.160. The first-order valence-corrected chi connectivity index (χ1v) is 12.5. The Balaban J connectivity index is 1.74. The number of amides is 1. The van der Waals surface area contributed by atoms with E-state index in [2.05, 4.69) is 19.4 Å². The van der Waals surface area contributed by atoms with Crippen LogP contribution in [-0.4, -0.2) is 38.7 Å². The average Bonchev–Trinajstić information content (AvgIpc) is 3.41. The lowest BCUT2D eigenvalue weighted by molar-refractivity contribution is -0.117. The highest BCUT2D eigenvalue weighted by Gasteiger charge is 2.25. The average molecular weight is 527 g/mol. The smallest absolute Gasteiger partial charge is 0.264 e. The molecule has 192 valence electrons. The SMILES string of the molecule is CCC(=O)N(c1ccc(S(=O)(=O)Nc2ccon2)cn1)c1cc(F)c(-c2cccc(OC)c2)cc1OC. The molecule has 0 saturated heterocycles. The maximum Gasteiger partial charge on any atom is 0.264 e. The van der Waals surface area contributed by atoms with Crippen LogP contribution in [0.2, 0.25) is 0 Å². The summed E-state index contributed by atoms with van der Waals surface area (Å²) in [5.41, 5.74) is 0.918. The van der Waals surface area contributed by atoms with E-state index in [1.54, 1.807) is 31.2 Å². The lowest BCUT2D eigenvalue weighted by atomic mass is 10.0. The van der Waals surface area contributed by atoms with Gasteiger partial charge >= 0.3 is 0 Å². The summed E-state index contributed by atoms with van der Waals surface area (Å²) < 4.78 is 58.2. The van der Waals surface area contributed by atoms with Gasteiger partial charge in [0.15, 0.2) is 5.82 Å². The number of ether oxygens (including phenoxy) is 2. The van der Waals surface area contributed by atoms with E-state index in [9.17, 15) is 13.2 Å². The minimum atomic E-state index is -4.01. The van der Waals surface area contributed by atoms with Crippen LogP contribution in [0.3, 0.4) is 0 Å². The van der Waals surface area contributed by atoms with Gasteiger partial charge in [0.25, 0.3) is 10.0 Å². The Bertz CT molecular complexity index is 1510. The quantitative estimate of drug-likeness (QED) is 0.331. The molecule has 2 aromatic carbocycles. The largest absolute Gasteiger partial charge is 0.497 e. The van der Waals surface area contributed by atoms with Gasteiger partial charge < -0.3 is 14.0 Å². The number of sulfonamides is 1. The maximum absolute atomic E-state index is 15.4. The van der Waals surface area contributed by atoms with Crippen molar-refractivity contribution in [3.05, 3.63) is 72.9 Å². The summed E-state index contributed by atoms with van der Waals surface area (Å²) in [6.45, 7) is 1.64. The van der Waals surface area contributed by atoms with E-state index >= 15 is 4.39 Å². The van der Waals surface area contributed by atoms with Crippen molar-refractivity contribution in [1.82, 2.24) is 10.1 Å². The van der Waals surface area contributed by atoms with Gasteiger partial charge in [-0.1, -0.05) is 24.2 Å². The number of anilines is 3. The molecule has 1 N–H and O–H groups in total. The molecule has 0 unspecified atom stereocenters. The van der Waals surface area contributed by atoms with Gasteiger partial charge in [-0.2, -0.15) is 0 Å². The number of pyridine rings is 1. The molecule has 0 aliphatic carbocycles. The number of aromatic nitrogens is 2. The van der Waals surface area contributed by atoms with Gasteiger partial charge in [0.1, 0.15) is 34.3 Å². The molecule has 0 saturated carbocycles. The number of rotatable bonds is 9. The lowest BCUT2D eigenvalue weighted by Gasteiger charge is -2.24. The zero-order chi connectivity index (χ0) is 26.6. The molecule has 2 aromatic heterocycles. The number of nitrogens with one attached hydrogen (secondary N) is 1. The van der Waals surface area contributed by atoms with Crippen molar-refractivity contribution in [3.8, 4) is 22.6 Å². The van der Waals surface area contributed by atoms with E-state index in [-0.39, 0.29) is 40.0 Å². The fourth-order valence-electron chi connectivity index (χ4n) is 3.56. The number of benzene rings is 2. The van der Waals surface area contributed by atoms with Crippen LogP contribution >= 0.6 is 0 Å². The molecule has 0 spiro atoms. The summed E-state index contributed by atoms with van der Waals surface area (Å²) in [6.07, 6.45) is 2.37. The van der Waals surface area contributed by atoms with Crippen molar-refractivity contribution in [2.45, 2.75) is 18.2 Å². The van der Waals surface area contributed by atoms with E-state index in [0.717, 1.165) is 6.20 Å². The fourth-order valence-corrected chi connectivity index (χ4v) is 4.50. The molecule has 0 atom stereocenters. The van der Waals surface area contributed by atoms with E-state index in [0.29, 0.717) is 11.3 Å². The summed E-state index contributed by atoms with van der Waals surface area (Å²) in [4.78, 5) is 18.1. The van der Waals surface area contributed by atoms with Gasteiger partial charge in [0.05, 0.1) is 19.9 Å². The lowest BCUT2D eigenvalue weighted by Crippen LogP contribution is -2.26. The summed E-state index contributed by atoms with van der Waals surface area (Å²) in [6, 6.07) is 13.5. The van der Waals surface area contributed by atoms with Crippen molar-refractivity contribution in [2.24, 2.45) is 0 Å². The number of halogens is 1. The number of hydrogen-bond donors (Lipinski definition) is 1. The van der Waals surface area contributed by atoms with Crippen LogP contribution in [0.25, 0.3) is 11.1 Å². The molecule has 2 heterocycles. The minimum absolute atomic E-state index is 0.00296. The standard InChI is InChI=1S/C25H23FN4O6S/c1-4-25(31)30(24-9-8-18(15-27-24)37(32,33)29-23-10-11-36-28-23)21-14-20(26)19(13-22(21)35-3)16-6-5-7-17(12-16)34-2/h5-15H,4H2,1-3H3,(H,28,29). The van der Waals surface area contributed by atoms with Crippen molar-refractivity contribution in [2.75, 3.05) is 23.8 Å². The normalized spacial score (nSPS) is 11.1. The third-order valence-electron chi connectivity index (χ3n) is 5.38. The monoisotopic (exact) mass is 526 g/mol. The summed E-state index contributed by atoms with van der Waals surface area (Å²) in [7, 11) is -1.09. The van der Waals surface area contributed by atoms with Gasteiger partial charge in [-0.15, -0.1) is 0 Å². The van der Waals surface area contributed by atoms with E-state index in [4.69, 9.17) is 9.47 Å². The van der Waals surface area contributed by atoms with Crippen molar-refractivity contribution in [1.29, 1.82) is 0 Å². The molecule has 10 nitrogen and oxygen atoms in total. The Kier molecular flexibility index (Phi) is 7.39. The predicted molar refractivity (Wildman–Crippen MR) is 134 cm³/mol. The van der Waals surface area contributed by atoms with Gasteiger partial charge in [-0.05, 0) is 35.9 Å². The first kappa shape index (κ1) is 25.6.